The van der Waals surface area contributed by atoms with E-state index in [1.165, 1.54) is 6.20 Å². The molecule has 8 heteroatoms. The highest BCUT2D eigenvalue weighted by molar-refractivity contribution is 7.13. The summed E-state index contributed by atoms with van der Waals surface area (Å²) in [5, 5.41) is 5.10. The highest BCUT2D eigenvalue weighted by Crippen LogP contribution is 2.25. The Kier molecular flexibility index (Phi) is 2.94. The average Bonchev–Trinajstić information content (AvgIpc) is 3.17. The molecular weight excluding hydrogens is 298 g/mol. The fraction of sp³-hybridized carbons (Fsp3) is 0. The van der Waals surface area contributed by atoms with Crippen molar-refractivity contribution in [2.75, 3.05) is 11.1 Å². The molecule has 0 fully saturated rings. The summed E-state index contributed by atoms with van der Waals surface area (Å²) in [7, 11) is 0. The Hall–Kier alpha value is -3.00. The first-order valence-electron chi connectivity index (χ1n) is 6.52. The Morgan fingerprint density at radius 3 is 2.77 bits per heavy atom. The van der Waals surface area contributed by atoms with Gasteiger partial charge < -0.3 is 16.0 Å². The number of imidazole rings is 1. The number of anilines is 3. The van der Waals surface area contributed by atoms with E-state index in [-0.39, 0.29) is 0 Å². The Labute approximate surface area is 129 Å². The van der Waals surface area contributed by atoms with Crippen LogP contribution in [0.4, 0.5) is 17.5 Å². The van der Waals surface area contributed by atoms with Crippen LogP contribution in [0, 0.1) is 0 Å². The second kappa shape index (κ2) is 5.08. The summed E-state index contributed by atoms with van der Waals surface area (Å²) in [4.78, 5) is 21.4. The van der Waals surface area contributed by atoms with Gasteiger partial charge in [-0.05, 0) is 11.4 Å². The number of hydrogen-bond donors (Lipinski definition) is 3. The van der Waals surface area contributed by atoms with Gasteiger partial charge in [-0.25, -0.2) is 19.9 Å². The number of aromatic nitrogens is 5. The summed E-state index contributed by atoms with van der Waals surface area (Å²) >= 11 is 1.64. The number of fused-ring (bicyclic) bond motifs is 1. The van der Waals surface area contributed by atoms with Crippen molar-refractivity contribution in [1.82, 2.24) is 24.9 Å². The van der Waals surface area contributed by atoms with Crippen LogP contribution in [0.1, 0.15) is 0 Å². The van der Waals surface area contributed by atoms with E-state index in [4.69, 9.17) is 5.73 Å². The lowest BCUT2D eigenvalue weighted by Gasteiger charge is -2.03. The Morgan fingerprint density at radius 1 is 1.09 bits per heavy atom. The zero-order chi connectivity index (χ0) is 14.9. The highest BCUT2D eigenvalue weighted by Gasteiger charge is 2.08. The molecule has 7 nitrogen and oxygen atoms in total. The number of aromatic amines is 1. The molecule has 0 unspecified atom stereocenters. The van der Waals surface area contributed by atoms with E-state index in [2.05, 4.69) is 30.2 Å². The van der Waals surface area contributed by atoms with Gasteiger partial charge in [0.2, 0.25) is 0 Å². The minimum Gasteiger partial charge on any atom is -0.382 e. The van der Waals surface area contributed by atoms with Crippen LogP contribution in [-0.4, -0.2) is 24.9 Å². The maximum atomic E-state index is 5.51. The number of nitrogen functional groups attached to an aromatic ring is 1. The number of H-pyrrole nitrogens is 1. The van der Waals surface area contributed by atoms with E-state index >= 15 is 0 Å². The molecule has 0 bridgehead atoms. The summed E-state index contributed by atoms with van der Waals surface area (Å²) in [6.07, 6.45) is 4.77. The van der Waals surface area contributed by atoms with Crippen LogP contribution in [0.5, 0.6) is 0 Å². The minimum atomic E-state index is 0.378. The summed E-state index contributed by atoms with van der Waals surface area (Å²) in [6.45, 7) is 0. The number of nitrogens with one attached hydrogen (secondary N) is 2. The molecular formula is C14H11N7S. The van der Waals surface area contributed by atoms with Crippen molar-refractivity contribution >= 4 is 39.8 Å². The third-order valence-corrected chi connectivity index (χ3v) is 3.93. The quantitative estimate of drug-likeness (QED) is 0.537. The van der Waals surface area contributed by atoms with Crippen molar-refractivity contribution in [3.63, 3.8) is 0 Å². The zero-order valence-electron chi connectivity index (χ0n) is 11.3. The normalized spacial score (nSPS) is 10.9. The molecule has 108 valence electrons. The Morgan fingerprint density at radius 2 is 2.00 bits per heavy atom. The van der Waals surface area contributed by atoms with Crippen LogP contribution in [0.25, 0.3) is 21.7 Å². The lowest BCUT2D eigenvalue weighted by atomic mass is 10.4. The Bertz CT molecular complexity index is 912. The van der Waals surface area contributed by atoms with Crippen LogP contribution >= 0.6 is 11.3 Å². The van der Waals surface area contributed by atoms with Gasteiger partial charge in [0.05, 0.1) is 29.0 Å². The van der Waals surface area contributed by atoms with Gasteiger partial charge >= 0.3 is 0 Å². The first kappa shape index (κ1) is 12.7. The Balaban J connectivity index is 1.67. The lowest BCUT2D eigenvalue weighted by Crippen LogP contribution is -1.98. The summed E-state index contributed by atoms with van der Waals surface area (Å²) in [5.74, 6) is 2.46. The molecule has 0 spiro atoms. The van der Waals surface area contributed by atoms with E-state index in [0.29, 0.717) is 17.5 Å². The standard InChI is InChI=1S/C14H11N7S/c15-11-6-18-13(7-16-11)21-12-4-8-9(5-17-12)20-14(19-8)10-2-1-3-22-10/h1-7H,(H2,15,16)(H,19,20)(H,17,18,21). The average molecular weight is 309 g/mol. The lowest BCUT2D eigenvalue weighted by molar-refractivity contribution is 1.19. The van der Waals surface area contributed by atoms with Gasteiger partial charge in [-0.15, -0.1) is 11.3 Å². The smallest absolute Gasteiger partial charge is 0.150 e. The molecule has 0 saturated heterocycles. The van der Waals surface area contributed by atoms with Crippen molar-refractivity contribution in [2.45, 2.75) is 0 Å². The second-order valence-electron chi connectivity index (χ2n) is 4.60. The molecule has 4 N–H and O–H groups in total. The molecule has 0 saturated carbocycles. The van der Waals surface area contributed by atoms with Gasteiger partial charge in [-0.3, -0.25) is 0 Å². The van der Waals surface area contributed by atoms with E-state index in [1.807, 2.05) is 23.6 Å². The first-order valence-corrected chi connectivity index (χ1v) is 7.40. The summed E-state index contributed by atoms with van der Waals surface area (Å²) in [6, 6.07) is 5.91. The monoisotopic (exact) mass is 309 g/mol. The van der Waals surface area contributed by atoms with Gasteiger partial charge in [0, 0.05) is 6.07 Å². The molecule has 0 atom stereocenters. The molecule has 0 aromatic carbocycles. The van der Waals surface area contributed by atoms with Gasteiger partial charge in [0.1, 0.15) is 28.8 Å². The van der Waals surface area contributed by atoms with E-state index in [0.717, 1.165) is 21.7 Å². The van der Waals surface area contributed by atoms with Crippen molar-refractivity contribution in [3.05, 3.63) is 42.2 Å². The fourth-order valence-electron chi connectivity index (χ4n) is 2.05. The van der Waals surface area contributed by atoms with Crippen LogP contribution < -0.4 is 11.1 Å². The fourth-order valence-corrected chi connectivity index (χ4v) is 2.71. The number of hydrogen-bond acceptors (Lipinski definition) is 7. The van der Waals surface area contributed by atoms with E-state index < -0.39 is 0 Å². The minimum absolute atomic E-state index is 0.378. The first-order chi connectivity index (χ1) is 10.8. The molecule has 22 heavy (non-hydrogen) atoms. The predicted molar refractivity (Wildman–Crippen MR) is 86.9 cm³/mol. The summed E-state index contributed by atoms with van der Waals surface area (Å²) in [5.41, 5.74) is 7.24. The van der Waals surface area contributed by atoms with Gasteiger partial charge in [-0.2, -0.15) is 0 Å². The predicted octanol–water partition coefficient (Wildman–Crippen LogP) is 2.80. The molecule has 0 radical (unpaired) electrons. The molecule has 0 aliphatic carbocycles. The third kappa shape index (κ3) is 2.35. The van der Waals surface area contributed by atoms with Crippen molar-refractivity contribution in [2.24, 2.45) is 0 Å². The molecule has 4 aromatic rings. The van der Waals surface area contributed by atoms with Crippen molar-refractivity contribution in [3.8, 4) is 10.7 Å². The number of nitrogens with zero attached hydrogens (tertiary/aromatic N) is 4. The topological polar surface area (TPSA) is 105 Å². The van der Waals surface area contributed by atoms with Gasteiger partial charge in [0.15, 0.2) is 0 Å². The maximum absolute atomic E-state index is 5.51. The van der Waals surface area contributed by atoms with Crippen LogP contribution in [0.3, 0.4) is 0 Å². The van der Waals surface area contributed by atoms with Crippen LogP contribution in [-0.2, 0) is 0 Å². The number of nitrogens with two attached hydrogens (primary N) is 1. The van der Waals surface area contributed by atoms with Crippen molar-refractivity contribution in [1.29, 1.82) is 0 Å². The van der Waals surface area contributed by atoms with E-state index in [1.54, 1.807) is 23.7 Å². The number of rotatable bonds is 3. The molecule has 4 aromatic heterocycles. The zero-order valence-corrected chi connectivity index (χ0v) is 12.1. The van der Waals surface area contributed by atoms with Crippen molar-refractivity contribution < 1.29 is 0 Å². The van der Waals surface area contributed by atoms with Gasteiger partial charge in [0.25, 0.3) is 0 Å². The van der Waals surface area contributed by atoms with Crippen LogP contribution in [0.15, 0.2) is 42.2 Å². The van der Waals surface area contributed by atoms with Gasteiger partial charge in [-0.1, -0.05) is 6.07 Å². The molecule has 4 rings (SSSR count). The molecule has 4 heterocycles. The second-order valence-corrected chi connectivity index (χ2v) is 5.55. The summed E-state index contributed by atoms with van der Waals surface area (Å²) < 4.78 is 0. The molecule has 0 aliphatic heterocycles. The third-order valence-electron chi connectivity index (χ3n) is 3.05. The SMILES string of the molecule is Nc1cnc(Nc2cc3[nH]c(-c4cccs4)nc3cn2)cn1. The van der Waals surface area contributed by atoms with Crippen LogP contribution in [0.2, 0.25) is 0 Å². The van der Waals surface area contributed by atoms with E-state index in [9.17, 15) is 0 Å². The highest BCUT2D eigenvalue weighted by atomic mass is 32.1. The largest absolute Gasteiger partial charge is 0.382 e. The molecule has 0 aliphatic rings. The number of thiophene rings is 1. The number of pyridine rings is 1. The maximum Gasteiger partial charge on any atom is 0.150 e. The molecule has 0 amide bonds.